The summed E-state index contributed by atoms with van der Waals surface area (Å²) in [4.78, 5) is 11.0. The standard InChI is InChI=1S/C10H22N2O/c1-4-5-6-12-9(10(11)13)7-8(2)3/h8-9,12H,4-7H2,1-3H3,(H2,11,13)/t9-/m1/s1. The Kier molecular flexibility index (Phi) is 6.59. The van der Waals surface area contributed by atoms with E-state index in [9.17, 15) is 4.79 Å². The third-order valence-corrected chi connectivity index (χ3v) is 1.97. The molecule has 0 aromatic rings. The number of hydrogen-bond donors (Lipinski definition) is 2. The lowest BCUT2D eigenvalue weighted by Crippen LogP contribution is -2.42. The molecule has 1 amide bonds. The number of nitrogens with two attached hydrogens (primary N) is 1. The molecule has 1 atom stereocenters. The van der Waals surface area contributed by atoms with Crippen LogP contribution in [0.3, 0.4) is 0 Å². The summed E-state index contributed by atoms with van der Waals surface area (Å²) in [6, 6.07) is -0.147. The molecule has 0 aliphatic carbocycles. The predicted molar refractivity (Wildman–Crippen MR) is 55.3 cm³/mol. The Bertz CT molecular complexity index is 146. The maximum atomic E-state index is 11.0. The van der Waals surface area contributed by atoms with E-state index in [2.05, 4.69) is 26.1 Å². The first kappa shape index (κ1) is 12.4. The summed E-state index contributed by atoms with van der Waals surface area (Å²) < 4.78 is 0. The van der Waals surface area contributed by atoms with Gasteiger partial charge in [-0.25, -0.2) is 0 Å². The first-order chi connectivity index (χ1) is 6.07. The van der Waals surface area contributed by atoms with Crippen LogP contribution in [0.2, 0.25) is 0 Å². The van der Waals surface area contributed by atoms with Gasteiger partial charge < -0.3 is 11.1 Å². The lowest BCUT2D eigenvalue weighted by Gasteiger charge is -2.16. The molecule has 13 heavy (non-hydrogen) atoms. The van der Waals surface area contributed by atoms with Crippen LogP contribution in [0, 0.1) is 5.92 Å². The Morgan fingerprint density at radius 1 is 1.46 bits per heavy atom. The van der Waals surface area contributed by atoms with Crippen molar-refractivity contribution in [3.05, 3.63) is 0 Å². The average Bonchev–Trinajstić information content (AvgIpc) is 2.02. The molecule has 0 saturated carbocycles. The molecule has 3 heteroatoms. The van der Waals surface area contributed by atoms with Gasteiger partial charge in [0, 0.05) is 0 Å². The van der Waals surface area contributed by atoms with Crippen molar-refractivity contribution in [2.24, 2.45) is 11.7 Å². The summed E-state index contributed by atoms with van der Waals surface area (Å²) >= 11 is 0. The molecular weight excluding hydrogens is 164 g/mol. The molecule has 0 aliphatic heterocycles. The zero-order valence-electron chi connectivity index (χ0n) is 8.97. The average molecular weight is 186 g/mol. The van der Waals surface area contributed by atoms with Gasteiger partial charge >= 0.3 is 0 Å². The summed E-state index contributed by atoms with van der Waals surface area (Å²) in [5.41, 5.74) is 5.27. The summed E-state index contributed by atoms with van der Waals surface area (Å²) in [5.74, 6) is 0.274. The monoisotopic (exact) mass is 186 g/mol. The topological polar surface area (TPSA) is 55.1 Å². The van der Waals surface area contributed by atoms with Gasteiger partial charge in [-0.05, 0) is 25.3 Å². The number of amides is 1. The van der Waals surface area contributed by atoms with Crippen LogP contribution in [0.25, 0.3) is 0 Å². The van der Waals surface area contributed by atoms with Crippen LogP contribution < -0.4 is 11.1 Å². The SMILES string of the molecule is CCCCN[C@H](CC(C)C)C(N)=O. The highest BCUT2D eigenvalue weighted by atomic mass is 16.1. The van der Waals surface area contributed by atoms with Gasteiger partial charge in [0.05, 0.1) is 6.04 Å². The molecule has 0 spiro atoms. The highest BCUT2D eigenvalue weighted by Crippen LogP contribution is 2.04. The molecule has 0 unspecified atom stereocenters. The summed E-state index contributed by atoms with van der Waals surface area (Å²) in [7, 11) is 0. The van der Waals surface area contributed by atoms with Gasteiger partial charge in [-0.1, -0.05) is 27.2 Å². The van der Waals surface area contributed by atoms with Gasteiger partial charge in [0.2, 0.25) is 5.91 Å². The van der Waals surface area contributed by atoms with Crippen LogP contribution in [0.1, 0.15) is 40.0 Å². The molecule has 0 radical (unpaired) electrons. The number of hydrogen-bond acceptors (Lipinski definition) is 2. The van der Waals surface area contributed by atoms with E-state index in [0.29, 0.717) is 5.92 Å². The van der Waals surface area contributed by atoms with Crippen molar-refractivity contribution in [1.29, 1.82) is 0 Å². The maximum absolute atomic E-state index is 11.0. The van der Waals surface area contributed by atoms with E-state index in [0.717, 1.165) is 25.8 Å². The normalized spacial score (nSPS) is 13.2. The van der Waals surface area contributed by atoms with Crippen LogP contribution in [-0.4, -0.2) is 18.5 Å². The molecule has 78 valence electrons. The molecule has 3 nitrogen and oxygen atoms in total. The van der Waals surface area contributed by atoms with E-state index in [1.807, 2.05) is 0 Å². The number of rotatable bonds is 7. The van der Waals surface area contributed by atoms with Gasteiger partial charge in [-0.2, -0.15) is 0 Å². The second-order valence-electron chi connectivity index (χ2n) is 3.89. The summed E-state index contributed by atoms with van der Waals surface area (Å²) in [5, 5.41) is 3.18. The molecule has 0 fully saturated rings. The Hall–Kier alpha value is -0.570. The molecule has 0 bridgehead atoms. The zero-order valence-corrected chi connectivity index (χ0v) is 8.97. The van der Waals surface area contributed by atoms with Gasteiger partial charge in [0.15, 0.2) is 0 Å². The highest BCUT2D eigenvalue weighted by Gasteiger charge is 2.15. The fourth-order valence-corrected chi connectivity index (χ4v) is 1.22. The third-order valence-electron chi connectivity index (χ3n) is 1.97. The van der Waals surface area contributed by atoms with E-state index < -0.39 is 0 Å². The summed E-state index contributed by atoms with van der Waals surface area (Å²) in [6.45, 7) is 7.20. The number of primary amides is 1. The minimum atomic E-state index is -0.232. The van der Waals surface area contributed by atoms with E-state index in [1.54, 1.807) is 0 Å². The minimum Gasteiger partial charge on any atom is -0.368 e. The molecule has 0 saturated heterocycles. The van der Waals surface area contributed by atoms with Crippen LogP contribution in [0.15, 0.2) is 0 Å². The predicted octanol–water partition coefficient (Wildman–Crippen LogP) is 1.28. The Morgan fingerprint density at radius 3 is 2.46 bits per heavy atom. The van der Waals surface area contributed by atoms with Crippen LogP contribution in [0.4, 0.5) is 0 Å². The Morgan fingerprint density at radius 2 is 2.08 bits per heavy atom. The van der Waals surface area contributed by atoms with Crippen molar-refractivity contribution in [3.8, 4) is 0 Å². The first-order valence-corrected chi connectivity index (χ1v) is 5.10. The number of carbonyl (C=O) groups excluding carboxylic acids is 1. The van der Waals surface area contributed by atoms with Crippen molar-refractivity contribution in [1.82, 2.24) is 5.32 Å². The molecule has 3 N–H and O–H groups in total. The van der Waals surface area contributed by atoms with Crippen LogP contribution in [-0.2, 0) is 4.79 Å². The second-order valence-corrected chi connectivity index (χ2v) is 3.89. The van der Waals surface area contributed by atoms with Crippen molar-refractivity contribution in [3.63, 3.8) is 0 Å². The lowest BCUT2D eigenvalue weighted by molar-refractivity contribution is -0.120. The van der Waals surface area contributed by atoms with E-state index in [-0.39, 0.29) is 11.9 Å². The molecule has 0 aliphatic rings. The Labute approximate surface area is 81.1 Å². The van der Waals surface area contributed by atoms with Gasteiger partial charge in [-0.15, -0.1) is 0 Å². The van der Waals surface area contributed by atoms with Gasteiger partial charge in [0.25, 0.3) is 0 Å². The molecular formula is C10H22N2O. The van der Waals surface area contributed by atoms with Crippen LogP contribution in [0.5, 0.6) is 0 Å². The summed E-state index contributed by atoms with van der Waals surface area (Å²) in [6.07, 6.45) is 3.07. The quantitative estimate of drug-likeness (QED) is 0.588. The van der Waals surface area contributed by atoms with Gasteiger partial charge in [0.1, 0.15) is 0 Å². The van der Waals surface area contributed by atoms with Crippen LogP contribution >= 0.6 is 0 Å². The smallest absolute Gasteiger partial charge is 0.234 e. The molecule has 0 aromatic heterocycles. The van der Waals surface area contributed by atoms with E-state index in [1.165, 1.54) is 0 Å². The zero-order chi connectivity index (χ0) is 10.3. The Balaban J connectivity index is 3.74. The fraction of sp³-hybridized carbons (Fsp3) is 0.900. The minimum absolute atomic E-state index is 0.147. The number of unbranched alkanes of at least 4 members (excludes halogenated alkanes) is 1. The molecule has 0 heterocycles. The van der Waals surface area contributed by atoms with Crippen molar-refractivity contribution >= 4 is 5.91 Å². The second kappa shape index (κ2) is 6.89. The van der Waals surface area contributed by atoms with Crippen molar-refractivity contribution in [2.75, 3.05) is 6.54 Å². The lowest BCUT2D eigenvalue weighted by atomic mass is 10.0. The van der Waals surface area contributed by atoms with Gasteiger partial charge in [-0.3, -0.25) is 4.79 Å². The van der Waals surface area contributed by atoms with E-state index in [4.69, 9.17) is 5.73 Å². The first-order valence-electron chi connectivity index (χ1n) is 5.10. The highest BCUT2D eigenvalue weighted by molar-refractivity contribution is 5.79. The van der Waals surface area contributed by atoms with Crippen molar-refractivity contribution < 1.29 is 4.79 Å². The van der Waals surface area contributed by atoms with E-state index >= 15 is 0 Å². The maximum Gasteiger partial charge on any atom is 0.234 e. The fourth-order valence-electron chi connectivity index (χ4n) is 1.22. The molecule has 0 rings (SSSR count). The van der Waals surface area contributed by atoms with Crippen molar-refractivity contribution in [2.45, 2.75) is 46.1 Å². The number of carbonyl (C=O) groups is 1. The largest absolute Gasteiger partial charge is 0.368 e. The number of nitrogens with one attached hydrogen (secondary N) is 1. The third kappa shape index (κ3) is 6.58. The molecule has 0 aromatic carbocycles.